The van der Waals surface area contributed by atoms with Gasteiger partial charge in [0.25, 0.3) is 0 Å². The maximum absolute atomic E-state index is 12.2. The van der Waals surface area contributed by atoms with Gasteiger partial charge in [0.1, 0.15) is 18.8 Å². The number of esters is 5. The van der Waals surface area contributed by atoms with Crippen molar-refractivity contribution in [2.24, 2.45) is 0 Å². The molecule has 5 atom stereocenters. The highest BCUT2D eigenvalue weighted by molar-refractivity contribution is 5.86. The van der Waals surface area contributed by atoms with Gasteiger partial charge in [-0.25, -0.2) is 4.79 Å². The summed E-state index contributed by atoms with van der Waals surface area (Å²) in [5.74, 6) is -5.07. The molecule has 0 radical (unpaired) electrons. The molecule has 1 N–H and O–H groups in total. The van der Waals surface area contributed by atoms with E-state index in [4.69, 9.17) is 23.7 Å². The topological polar surface area (TPSA) is 170 Å². The average Bonchev–Trinajstić information content (AvgIpc) is 2.68. The van der Waals surface area contributed by atoms with Gasteiger partial charge < -0.3 is 33.7 Å². The molecular weight excluding hydrogens is 446 g/mol. The Labute approximate surface area is 189 Å². The maximum Gasteiger partial charge on any atom is 0.373 e. The number of carbonyl (C=O) groups excluding carboxylic acids is 6. The second kappa shape index (κ2) is 12.4. The first-order chi connectivity index (χ1) is 15.3. The highest BCUT2D eigenvalue weighted by atomic mass is 16.6. The van der Waals surface area contributed by atoms with Crippen LogP contribution in [0.4, 0.5) is 0 Å². The van der Waals surface area contributed by atoms with Crippen LogP contribution in [0.5, 0.6) is 0 Å². The molecule has 184 valence electrons. The lowest BCUT2D eigenvalue weighted by molar-refractivity contribution is -0.191. The monoisotopic (exact) mass is 473 g/mol. The van der Waals surface area contributed by atoms with Crippen LogP contribution < -0.4 is 5.32 Å². The van der Waals surface area contributed by atoms with Gasteiger partial charge in [0.15, 0.2) is 18.3 Å². The summed E-state index contributed by atoms with van der Waals surface area (Å²) < 4.78 is 30.9. The summed E-state index contributed by atoms with van der Waals surface area (Å²) in [6.07, 6.45) is -4.52. The van der Waals surface area contributed by atoms with Crippen LogP contribution in [-0.2, 0) is 57.2 Å². The molecule has 1 heterocycles. The third kappa shape index (κ3) is 8.79. The predicted molar refractivity (Wildman–Crippen MR) is 106 cm³/mol. The highest BCUT2D eigenvalue weighted by Gasteiger charge is 2.49. The van der Waals surface area contributed by atoms with Crippen molar-refractivity contribution in [3.8, 4) is 0 Å². The first kappa shape index (κ1) is 27.4. The minimum Gasteiger partial charge on any atom is -0.477 e. The number of rotatable bonds is 9. The van der Waals surface area contributed by atoms with Crippen LogP contribution >= 0.6 is 0 Å². The normalized spacial score (nSPS) is 21.2. The summed E-state index contributed by atoms with van der Waals surface area (Å²) in [6, 6.07) is -1.21. The van der Waals surface area contributed by atoms with Crippen molar-refractivity contribution in [2.45, 2.75) is 65.1 Å². The number of amides is 1. The fourth-order valence-electron chi connectivity index (χ4n) is 3.04. The summed E-state index contributed by atoms with van der Waals surface area (Å²) in [4.78, 5) is 70.6. The van der Waals surface area contributed by atoms with E-state index in [1.54, 1.807) is 0 Å². The number of methoxy groups -OCH3 is 1. The Kier molecular flexibility index (Phi) is 10.3. The predicted octanol–water partition coefficient (Wildman–Crippen LogP) is -0.695. The van der Waals surface area contributed by atoms with Gasteiger partial charge in [0.2, 0.25) is 11.7 Å². The zero-order valence-corrected chi connectivity index (χ0v) is 19.1. The zero-order chi connectivity index (χ0) is 25.3. The molecule has 1 amide bonds. The van der Waals surface area contributed by atoms with Gasteiger partial charge in [0.05, 0.1) is 7.11 Å². The van der Waals surface area contributed by atoms with E-state index in [1.165, 1.54) is 6.92 Å². The molecular formula is C20H27NO12. The molecule has 13 nitrogen and oxygen atoms in total. The van der Waals surface area contributed by atoms with Gasteiger partial charge in [-0.2, -0.15) is 0 Å². The van der Waals surface area contributed by atoms with Crippen molar-refractivity contribution in [3.63, 3.8) is 0 Å². The quantitative estimate of drug-likeness (QED) is 0.331. The van der Waals surface area contributed by atoms with Gasteiger partial charge in [-0.15, -0.1) is 0 Å². The van der Waals surface area contributed by atoms with E-state index < -0.39 is 78.6 Å². The SMILES string of the molecule is COC(=O)C1=C[C@H](OC(C)=O)C(NC(C)=O)[C@H]([C@H](OC(C)=O)[C@H](COC(C)=O)OC(C)=O)O1. The largest absolute Gasteiger partial charge is 0.477 e. The van der Waals surface area contributed by atoms with E-state index in [2.05, 4.69) is 10.1 Å². The summed E-state index contributed by atoms with van der Waals surface area (Å²) >= 11 is 0. The average molecular weight is 473 g/mol. The second-order valence-electron chi connectivity index (χ2n) is 6.93. The van der Waals surface area contributed by atoms with E-state index in [0.717, 1.165) is 40.9 Å². The lowest BCUT2D eigenvalue weighted by atomic mass is 9.93. The van der Waals surface area contributed by atoms with Crippen molar-refractivity contribution in [3.05, 3.63) is 11.8 Å². The van der Waals surface area contributed by atoms with Gasteiger partial charge in [-0.3, -0.25) is 24.0 Å². The van der Waals surface area contributed by atoms with Crippen LogP contribution in [0, 0.1) is 0 Å². The van der Waals surface area contributed by atoms with Crippen molar-refractivity contribution in [1.29, 1.82) is 0 Å². The first-order valence-electron chi connectivity index (χ1n) is 9.74. The molecule has 0 fully saturated rings. The molecule has 0 bridgehead atoms. The lowest BCUT2D eigenvalue weighted by Gasteiger charge is -2.41. The second-order valence-corrected chi connectivity index (χ2v) is 6.93. The van der Waals surface area contributed by atoms with Crippen molar-refractivity contribution < 1.29 is 57.2 Å². The van der Waals surface area contributed by atoms with Crippen LogP contribution in [0.3, 0.4) is 0 Å². The van der Waals surface area contributed by atoms with E-state index in [1.807, 2.05) is 0 Å². The Morgan fingerprint density at radius 1 is 0.939 bits per heavy atom. The molecule has 0 aromatic rings. The Balaban J connectivity index is 3.58. The molecule has 1 aliphatic rings. The molecule has 1 unspecified atom stereocenters. The number of hydrogen-bond donors (Lipinski definition) is 1. The fraction of sp³-hybridized carbons (Fsp3) is 0.600. The first-order valence-corrected chi connectivity index (χ1v) is 9.74. The van der Waals surface area contributed by atoms with Gasteiger partial charge in [-0.05, 0) is 0 Å². The third-order valence-electron chi connectivity index (χ3n) is 4.11. The minimum absolute atomic E-state index is 0.415. The van der Waals surface area contributed by atoms with Gasteiger partial charge in [-0.1, -0.05) is 0 Å². The Morgan fingerprint density at radius 2 is 1.55 bits per heavy atom. The lowest BCUT2D eigenvalue weighted by Crippen LogP contribution is -2.62. The summed E-state index contributed by atoms with van der Waals surface area (Å²) in [7, 11) is 1.08. The summed E-state index contributed by atoms with van der Waals surface area (Å²) in [6.45, 7) is 4.96. The summed E-state index contributed by atoms with van der Waals surface area (Å²) in [5, 5.41) is 2.51. The molecule has 0 aromatic heterocycles. The number of carbonyl (C=O) groups is 6. The zero-order valence-electron chi connectivity index (χ0n) is 19.1. The van der Waals surface area contributed by atoms with E-state index in [9.17, 15) is 28.8 Å². The van der Waals surface area contributed by atoms with Crippen molar-refractivity contribution in [1.82, 2.24) is 5.32 Å². The van der Waals surface area contributed by atoms with Crippen LogP contribution in [0.15, 0.2) is 11.8 Å². The summed E-state index contributed by atoms with van der Waals surface area (Å²) in [5.41, 5.74) is 0. The number of hydrogen-bond acceptors (Lipinski definition) is 12. The smallest absolute Gasteiger partial charge is 0.373 e. The Morgan fingerprint density at radius 3 is 2.00 bits per heavy atom. The van der Waals surface area contributed by atoms with Crippen LogP contribution in [0.25, 0.3) is 0 Å². The van der Waals surface area contributed by atoms with Crippen LogP contribution in [0.2, 0.25) is 0 Å². The van der Waals surface area contributed by atoms with E-state index >= 15 is 0 Å². The van der Waals surface area contributed by atoms with Crippen LogP contribution in [0.1, 0.15) is 34.6 Å². The van der Waals surface area contributed by atoms with Gasteiger partial charge >= 0.3 is 29.8 Å². The number of ether oxygens (including phenoxy) is 6. The van der Waals surface area contributed by atoms with Gasteiger partial charge in [0, 0.05) is 40.7 Å². The van der Waals surface area contributed by atoms with Crippen molar-refractivity contribution >= 4 is 35.8 Å². The van der Waals surface area contributed by atoms with Crippen LogP contribution in [-0.4, -0.2) is 79.9 Å². The molecule has 0 spiro atoms. The Bertz CT molecular complexity index is 820. The van der Waals surface area contributed by atoms with Crippen molar-refractivity contribution in [2.75, 3.05) is 13.7 Å². The van der Waals surface area contributed by atoms with E-state index in [-0.39, 0.29) is 0 Å². The van der Waals surface area contributed by atoms with E-state index in [0.29, 0.717) is 0 Å². The highest BCUT2D eigenvalue weighted by Crippen LogP contribution is 2.28. The molecule has 0 saturated carbocycles. The molecule has 1 aliphatic heterocycles. The molecule has 0 saturated heterocycles. The number of nitrogens with one attached hydrogen (secondary N) is 1. The fourth-order valence-corrected chi connectivity index (χ4v) is 3.04. The third-order valence-corrected chi connectivity index (χ3v) is 4.11. The molecule has 0 aliphatic carbocycles. The molecule has 33 heavy (non-hydrogen) atoms. The molecule has 0 aromatic carbocycles. The molecule has 13 heteroatoms. The minimum atomic E-state index is -1.52. The standard InChI is InChI=1S/C20H27NO12/c1-9(22)21-17-14(30-11(3)24)7-15(20(27)28-6)33-19(17)18(32-13(5)26)16(31-12(4)25)8-29-10(2)23/h7,14,16-19H,8H2,1-6H3,(H,21,22)/t14-,16-,17?,18+,19+/m0/s1. The molecule has 1 rings (SSSR count). The Hall–Kier alpha value is -3.64. The maximum atomic E-state index is 12.2.